The average Bonchev–Trinajstić information content (AvgIpc) is 3.25. The third-order valence-corrected chi connectivity index (χ3v) is 5.90. The third-order valence-electron chi connectivity index (χ3n) is 4.00. The predicted octanol–water partition coefficient (Wildman–Crippen LogP) is 4.54. The van der Waals surface area contributed by atoms with Crippen molar-refractivity contribution in [2.45, 2.75) is 17.8 Å². The zero-order chi connectivity index (χ0) is 19.0. The first-order chi connectivity index (χ1) is 13.0. The molecule has 2 N–H and O–H groups in total. The van der Waals surface area contributed by atoms with Crippen LogP contribution >= 0.6 is 23.1 Å². The number of hydrogen-bond acceptors (Lipinski definition) is 6. The molecule has 3 heterocycles. The molecule has 0 aliphatic carbocycles. The van der Waals surface area contributed by atoms with Crippen LogP contribution in [-0.2, 0) is 5.75 Å². The van der Waals surface area contributed by atoms with Crippen LogP contribution in [0.4, 0.5) is 0 Å². The highest BCUT2D eigenvalue weighted by Crippen LogP contribution is 2.36. The maximum Gasteiger partial charge on any atom is 0.371 e. The number of nitrogens with one attached hydrogen (secondary N) is 1. The first kappa shape index (κ1) is 17.6. The largest absolute Gasteiger partial charge is 0.475 e. The molecule has 4 rings (SSSR count). The van der Waals surface area contributed by atoms with Crippen molar-refractivity contribution < 1.29 is 14.3 Å². The summed E-state index contributed by atoms with van der Waals surface area (Å²) in [5.74, 6) is -0.337. The van der Waals surface area contributed by atoms with Gasteiger partial charge in [0.25, 0.3) is 5.56 Å². The molecule has 6 nitrogen and oxygen atoms in total. The molecule has 0 spiro atoms. The van der Waals surface area contributed by atoms with Gasteiger partial charge in [-0.05, 0) is 24.6 Å². The van der Waals surface area contributed by atoms with Crippen LogP contribution in [0.1, 0.15) is 21.2 Å². The Labute approximate surface area is 161 Å². The first-order valence-corrected chi connectivity index (χ1v) is 9.87. The highest BCUT2D eigenvalue weighted by atomic mass is 32.2. The molecule has 0 saturated heterocycles. The fourth-order valence-corrected chi connectivity index (χ4v) is 4.69. The van der Waals surface area contributed by atoms with Crippen molar-refractivity contribution in [1.82, 2.24) is 9.97 Å². The number of rotatable bonds is 5. The van der Waals surface area contributed by atoms with Gasteiger partial charge in [-0.3, -0.25) is 4.79 Å². The van der Waals surface area contributed by atoms with Crippen LogP contribution in [0, 0.1) is 6.92 Å². The Balaban J connectivity index is 1.66. The smallest absolute Gasteiger partial charge is 0.371 e. The Bertz CT molecular complexity index is 1190. The van der Waals surface area contributed by atoms with E-state index < -0.39 is 5.97 Å². The van der Waals surface area contributed by atoms with Crippen molar-refractivity contribution in [3.05, 3.63) is 69.2 Å². The van der Waals surface area contributed by atoms with E-state index in [-0.39, 0.29) is 11.3 Å². The van der Waals surface area contributed by atoms with Crippen molar-refractivity contribution in [2.75, 3.05) is 0 Å². The average molecular weight is 398 g/mol. The number of aromatic carboxylic acids is 1. The second-order valence-corrected chi connectivity index (χ2v) is 7.98. The predicted molar refractivity (Wildman–Crippen MR) is 106 cm³/mol. The molecule has 0 amide bonds. The van der Waals surface area contributed by atoms with Crippen molar-refractivity contribution in [3.8, 4) is 11.1 Å². The van der Waals surface area contributed by atoms with Crippen molar-refractivity contribution in [3.63, 3.8) is 0 Å². The highest BCUT2D eigenvalue weighted by Gasteiger charge is 2.17. The molecular formula is C19H14N2O4S2. The van der Waals surface area contributed by atoms with E-state index in [9.17, 15) is 9.59 Å². The number of carbonyl (C=O) groups is 1. The minimum absolute atomic E-state index is 0.108. The Kier molecular flexibility index (Phi) is 4.59. The van der Waals surface area contributed by atoms with Gasteiger partial charge in [-0.1, -0.05) is 42.1 Å². The van der Waals surface area contributed by atoms with Crippen LogP contribution < -0.4 is 5.56 Å². The van der Waals surface area contributed by atoms with Gasteiger partial charge < -0.3 is 14.5 Å². The number of aromatic nitrogens is 2. The Morgan fingerprint density at radius 3 is 2.74 bits per heavy atom. The minimum atomic E-state index is -1.11. The zero-order valence-corrected chi connectivity index (χ0v) is 15.8. The molecule has 1 aromatic carbocycles. The molecule has 3 aromatic heterocycles. The number of thioether (sulfide) groups is 1. The number of fused-ring (bicyclic) bond motifs is 1. The molecular weight excluding hydrogens is 384 g/mol. The lowest BCUT2D eigenvalue weighted by atomic mass is 10.0. The summed E-state index contributed by atoms with van der Waals surface area (Å²) in [6.45, 7) is 1.98. The van der Waals surface area contributed by atoms with E-state index in [4.69, 9.17) is 9.52 Å². The van der Waals surface area contributed by atoms with E-state index in [1.165, 1.54) is 29.2 Å². The van der Waals surface area contributed by atoms with Gasteiger partial charge in [0.1, 0.15) is 10.6 Å². The summed E-state index contributed by atoms with van der Waals surface area (Å²) in [5.41, 5.74) is 1.72. The molecule has 0 aliphatic heterocycles. The van der Waals surface area contributed by atoms with Gasteiger partial charge in [-0.2, -0.15) is 0 Å². The lowest BCUT2D eigenvalue weighted by Crippen LogP contribution is -2.08. The van der Waals surface area contributed by atoms with Crippen LogP contribution in [-0.4, -0.2) is 21.0 Å². The summed E-state index contributed by atoms with van der Waals surface area (Å²) in [7, 11) is 0. The molecule has 136 valence electrons. The number of benzene rings is 1. The third kappa shape index (κ3) is 3.41. The van der Waals surface area contributed by atoms with Gasteiger partial charge in [0.2, 0.25) is 5.76 Å². The summed E-state index contributed by atoms with van der Waals surface area (Å²) in [6.07, 6.45) is 0. The second kappa shape index (κ2) is 7.05. The molecule has 0 aliphatic rings. The van der Waals surface area contributed by atoms with Gasteiger partial charge in [-0.25, -0.2) is 9.78 Å². The summed E-state index contributed by atoms with van der Waals surface area (Å²) in [5, 5.41) is 9.97. The lowest BCUT2D eigenvalue weighted by Gasteiger charge is -2.02. The van der Waals surface area contributed by atoms with Gasteiger partial charge in [0.05, 0.1) is 11.1 Å². The summed E-state index contributed by atoms with van der Waals surface area (Å²) in [4.78, 5) is 32.7. The van der Waals surface area contributed by atoms with Crippen molar-refractivity contribution >= 4 is 39.3 Å². The van der Waals surface area contributed by atoms with Gasteiger partial charge in [0, 0.05) is 10.4 Å². The maximum atomic E-state index is 12.7. The molecule has 4 aromatic rings. The number of aromatic amines is 1. The van der Waals surface area contributed by atoms with Crippen molar-refractivity contribution in [1.29, 1.82) is 0 Å². The van der Waals surface area contributed by atoms with Gasteiger partial charge in [-0.15, -0.1) is 11.3 Å². The summed E-state index contributed by atoms with van der Waals surface area (Å²) >= 11 is 2.78. The number of aryl methyl sites for hydroxylation is 1. The van der Waals surface area contributed by atoms with E-state index in [1.54, 1.807) is 6.07 Å². The highest BCUT2D eigenvalue weighted by molar-refractivity contribution is 7.98. The van der Waals surface area contributed by atoms with E-state index in [2.05, 4.69) is 9.97 Å². The van der Waals surface area contributed by atoms with Crippen LogP contribution in [0.15, 0.2) is 56.8 Å². The number of carboxylic acid groups (broad SMARTS) is 1. The topological polar surface area (TPSA) is 96.2 Å². The fourth-order valence-electron chi connectivity index (χ4n) is 2.83. The number of H-pyrrole nitrogens is 1. The van der Waals surface area contributed by atoms with Crippen LogP contribution in [0.5, 0.6) is 0 Å². The van der Waals surface area contributed by atoms with Crippen LogP contribution in [0.2, 0.25) is 0 Å². The first-order valence-electron chi connectivity index (χ1n) is 8.06. The van der Waals surface area contributed by atoms with E-state index in [1.807, 2.05) is 37.3 Å². The SMILES string of the molecule is Cc1sc2nc(SCc3ccc(C(=O)O)o3)[nH]c(=O)c2c1-c1ccccc1. The molecule has 0 radical (unpaired) electrons. The fraction of sp³-hybridized carbons (Fsp3) is 0.105. The number of thiophene rings is 1. The molecule has 0 atom stereocenters. The van der Waals surface area contributed by atoms with E-state index in [0.29, 0.717) is 26.9 Å². The maximum absolute atomic E-state index is 12.7. The quantitative estimate of drug-likeness (QED) is 0.378. The molecule has 0 unspecified atom stereocenters. The molecule has 27 heavy (non-hydrogen) atoms. The molecule has 8 heteroatoms. The Morgan fingerprint density at radius 2 is 2.04 bits per heavy atom. The lowest BCUT2D eigenvalue weighted by molar-refractivity contribution is 0.0661. The van der Waals surface area contributed by atoms with E-state index in [0.717, 1.165) is 16.0 Å². The Hall–Kier alpha value is -2.84. The summed E-state index contributed by atoms with van der Waals surface area (Å²) < 4.78 is 5.23. The monoisotopic (exact) mass is 398 g/mol. The van der Waals surface area contributed by atoms with Gasteiger partial charge >= 0.3 is 5.97 Å². The number of carboxylic acids is 1. The summed E-state index contributed by atoms with van der Waals surface area (Å²) in [6, 6.07) is 12.8. The van der Waals surface area contributed by atoms with Crippen LogP contribution in [0.3, 0.4) is 0 Å². The molecule has 0 bridgehead atoms. The Morgan fingerprint density at radius 1 is 1.26 bits per heavy atom. The van der Waals surface area contributed by atoms with E-state index >= 15 is 0 Å². The number of nitrogens with zero attached hydrogens (tertiary/aromatic N) is 1. The second-order valence-electron chi connectivity index (χ2n) is 5.81. The van der Waals surface area contributed by atoms with Crippen LogP contribution in [0.25, 0.3) is 21.3 Å². The van der Waals surface area contributed by atoms with Gasteiger partial charge in [0.15, 0.2) is 5.16 Å². The van der Waals surface area contributed by atoms with Crippen molar-refractivity contribution in [2.24, 2.45) is 0 Å². The number of furan rings is 1. The molecule has 0 saturated carbocycles. The minimum Gasteiger partial charge on any atom is -0.475 e. The number of hydrogen-bond donors (Lipinski definition) is 2. The molecule has 0 fully saturated rings. The zero-order valence-electron chi connectivity index (χ0n) is 14.2. The normalized spacial score (nSPS) is 11.1. The standard InChI is InChI=1S/C19H14N2O4S2/c1-10-14(11-5-3-2-4-6-11)15-16(22)20-19(21-17(15)27-10)26-9-12-7-8-13(25-12)18(23)24/h2-8H,9H2,1H3,(H,23,24)(H,20,21,22).